The number of hydrogen-bond acceptors (Lipinski definition) is 1. The summed E-state index contributed by atoms with van der Waals surface area (Å²) in [4.78, 5) is 0. The zero-order valence-electron chi connectivity index (χ0n) is 12.0. The molecule has 0 aromatic heterocycles. The molecule has 0 saturated carbocycles. The van der Waals surface area contributed by atoms with Gasteiger partial charge in [-0.15, -0.1) is 0 Å². The third-order valence-electron chi connectivity index (χ3n) is 3.42. The van der Waals surface area contributed by atoms with E-state index in [1.54, 1.807) is 0 Å². The van der Waals surface area contributed by atoms with Crippen molar-refractivity contribution in [2.75, 3.05) is 6.54 Å². The molecule has 0 spiro atoms. The second-order valence-electron chi connectivity index (χ2n) is 5.02. The first kappa shape index (κ1) is 15.6. The van der Waals surface area contributed by atoms with E-state index < -0.39 is 0 Å². The average molecular weight is 353 g/mol. The molecule has 1 nitrogen and oxygen atoms in total. The van der Waals surface area contributed by atoms with Gasteiger partial charge in [0, 0.05) is 9.50 Å². The van der Waals surface area contributed by atoms with Crippen LogP contribution in [0.4, 0.5) is 0 Å². The van der Waals surface area contributed by atoms with E-state index in [4.69, 9.17) is 11.6 Å². The van der Waals surface area contributed by atoms with Gasteiger partial charge in [0.15, 0.2) is 0 Å². The predicted molar refractivity (Wildman–Crippen MR) is 90.6 cm³/mol. The van der Waals surface area contributed by atoms with Gasteiger partial charge in [-0.2, -0.15) is 0 Å². The summed E-state index contributed by atoms with van der Waals surface area (Å²) in [5, 5.41) is 4.32. The molecule has 1 N–H and O–H groups in total. The lowest BCUT2D eigenvalue weighted by molar-refractivity contribution is 0.625. The first-order valence-corrected chi connectivity index (χ1v) is 7.95. The van der Waals surface area contributed by atoms with Gasteiger partial charge in [0.05, 0.1) is 6.04 Å². The van der Waals surface area contributed by atoms with Gasteiger partial charge in [0.25, 0.3) is 0 Å². The Morgan fingerprint density at radius 1 is 1.10 bits per heavy atom. The molecule has 0 fully saturated rings. The van der Waals surface area contributed by atoms with Gasteiger partial charge in [0.2, 0.25) is 0 Å². The van der Waals surface area contributed by atoms with Crippen molar-refractivity contribution in [3.63, 3.8) is 0 Å². The topological polar surface area (TPSA) is 12.0 Å². The van der Waals surface area contributed by atoms with Gasteiger partial charge >= 0.3 is 0 Å². The smallest absolute Gasteiger partial charge is 0.0591 e. The van der Waals surface area contributed by atoms with E-state index in [0.717, 1.165) is 16.0 Å². The summed E-state index contributed by atoms with van der Waals surface area (Å²) in [6.07, 6.45) is 0. The SMILES string of the molecule is CCNC(c1cc(C)ccc1C)c1cc(Cl)ccc1Br. The first-order valence-electron chi connectivity index (χ1n) is 6.78. The molecule has 0 aliphatic rings. The number of halogens is 2. The fourth-order valence-electron chi connectivity index (χ4n) is 2.40. The lowest BCUT2D eigenvalue weighted by atomic mass is 9.93. The summed E-state index contributed by atoms with van der Waals surface area (Å²) < 4.78 is 1.08. The summed E-state index contributed by atoms with van der Waals surface area (Å²) in [7, 11) is 0. The molecule has 20 heavy (non-hydrogen) atoms. The van der Waals surface area contributed by atoms with Crippen molar-refractivity contribution in [1.29, 1.82) is 0 Å². The van der Waals surface area contributed by atoms with E-state index in [-0.39, 0.29) is 6.04 Å². The summed E-state index contributed by atoms with van der Waals surface area (Å²) in [6.45, 7) is 7.30. The third-order valence-corrected chi connectivity index (χ3v) is 4.38. The second-order valence-corrected chi connectivity index (χ2v) is 6.31. The number of nitrogens with one attached hydrogen (secondary N) is 1. The third kappa shape index (κ3) is 3.43. The van der Waals surface area contributed by atoms with E-state index in [2.05, 4.69) is 60.2 Å². The average Bonchev–Trinajstić information content (AvgIpc) is 2.42. The van der Waals surface area contributed by atoms with Gasteiger partial charge in [-0.3, -0.25) is 0 Å². The summed E-state index contributed by atoms with van der Waals surface area (Å²) in [5.41, 5.74) is 5.03. The van der Waals surface area contributed by atoms with Gasteiger partial charge in [-0.25, -0.2) is 0 Å². The van der Waals surface area contributed by atoms with E-state index in [1.807, 2.05) is 18.2 Å². The molecular formula is C17H19BrClN. The highest BCUT2D eigenvalue weighted by Crippen LogP contribution is 2.32. The van der Waals surface area contributed by atoms with Crippen LogP contribution in [0.15, 0.2) is 40.9 Å². The molecule has 3 heteroatoms. The van der Waals surface area contributed by atoms with Crippen LogP contribution in [-0.4, -0.2) is 6.54 Å². The van der Waals surface area contributed by atoms with E-state index in [0.29, 0.717) is 0 Å². The fraction of sp³-hybridized carbons (Fsp3) is 0.294. The maximum atomic E-state index is 6.17. The molecule has 2 aromatic rings. The zero-order valence-corrected chi connectivity index (χ0v) is 14.3. The van der Waals surface area contributed by atoms with Crippen LogP contribution in [-0.2, 0) is 0 Å². The molecule has 2 aromatic carbocycles. The van der Waals surface area contributed by atoms with Crippen molar-refractivity contribution in [2.24, 2.45) is 0 Å². The Balaban J connectivity index is 2.55. The van der Waals surface area contributed by atoms with Crippen LogP contribution < -0.4 is 5.32 Å². The van der Waals surface area contributed by atoms with Crippen LogP contribution in [0.2, 0.25) is 5.02 Å². The summed E-state index contributed by atoms with van der Waals surface area (Å²) >= 11 is 9.81. The highest BCUT2D eigenvalue weighted by atomic mass is 79.9. The molecule has 0 amide bonds. The highest BCUT2D eigenvalue weighted by molar-refractivity contribution is 9.10. The maximum absolute atomic E-state index is 6.17. The van der Waals surface area contributed by atoms with Crippen LogP contribution in [0.25, 0.3) is 0 Å². The molecule has 0 saturated heterocycles. The maximum Gasteiger partial charge on any atom is 0.0591 e. The van der Waals surface area contributed by atoms with Crippen molar-refractivity contribution in [3.8, 4) is 0 Å². The van der Waals surface area contributed by atoms with Gasteiger partial charge in [0.1, 0.15) is 0 Å². The van der Waals surface area contributed by atoms with E-state index in [1.165, 1.54) is 22.3 Å². The highest BCUT2D eigenvalue weighted by Gasteiger charge is 2.18. The van der Waals surface area contributed by atoms with Gasteiger partial charge in [-0.05, 0) is 55.3 Å². The Morgan fingerprint density at radius 3 is 2.55 bits per heavy atom. The quantitative estimate of drug-likeness (QED) is 0.775. The van der Waals surface area contributed by atoms with E-state index >= 15 is 0 Å². The van der Waals surface area contributed by atoms with Gasteiger partial charge in [-0.1, -0.05) is 58.2 Å². The molecule has 0 bridgehead atoms. The number of hydrogen-bond donors (Lipinski definition) is 1. The van der Waals surface area contributed by atoms with Crippen molar-refractivity contribution < 1.29 is 0 Å². The zero-order chi connectivity index (χ0) is 14.7. The van der Waals surface area contributed by atoms with Crippen LogP contribution in [0, 0.1) is 13.8 Å². The Morgan fingerprint density at radius 2 is 1.85 bits per heavy atom. The van der Waals surface area contributed by atoms with Crippen LogP contribution >= 0.6 is 27.5 Å². The lowest BCUT2D eigenvalue weighted by Crippen LogP contribution is -2.23. The number of aryl methyl sites for hydroxylation is 2. The molecule has 0 radical (unpaired) electrons. The molecule has 2 rings (SSSR count). The monoisotopic (exact) mass is 351 g/mol. The Kier molecular flexibility index (Phi) is 5.25. The molecule has 1 unspecified atom stereocenters. The van der Waals surface area contributed by atoms with Crippen molar-refractivity contribution in [2.45, 2.75) is 26.8 Å². The number of rotatable bonds is 4. The first-order chi connectivity index (χ1) is 9.52. The second kappa shape index (κ2) is 6.75. The Bertz CT molecular complexity index is 558. The molecular weight excluding hydrogens is 334 g/mol. The molecule has 0 aliphatic heterocycles. The summed E-state index contributed by atoms with van der Waals surface area (Å²) in [5.74, 6) is 0. The molecule has 0 aliphatic carbocycles. The molecule has 106 valence electrons. The minimum absolute atomic E-state index is 0.146. The minimum atomic E-state index is 0.146. The van der Waals surface area contributed by atoms with Crippen LogP contribution in [0.3, 0.4) is 0 Å². The van der Waals surface area contributed by atoms with Crippen molar-refractivity contribution in [1.82, 2.24) is 5.32 Å². The molecule has 0 heterocycles. The van der Waals surface area contributed by atoms with Crippen LogP contribution in [0.1, 0.15) is 35.2 Å². The molecule has 1 atom stereocenters. The lowest BCUT2D eigenvalue weighted by Gasteiger charge is -2.23. The summed E-state index contributed by atoms with van der Waals surface area (Å²) in [6, 6.07) is 12.7. The van der Waals surface area contributed by atoms with Gasteiger partial charge < -0.3 is 5.32 Å². The fourth-order valence-corrected chi connectivity index (χ4v) is 3.05. The van der Waals surface area contributed by atoms with E-state index in [9.17, 15) is 0 Å². The van der Waals surface area contributed by atoms with Crippen LogP contribution in [0.5, 0.6) is 0 Å². The number of benzene rings is 2. The van der Waals surface area contributed by atoms with Crippen molar-refractivity contribution in [3.05, 3.63) is 68.1 Å². The Hall–Kier alpha value is -0.830. The standard InChI is InChI=1S/C17H19BrClN/c1-4-20-17(14-9-11(2)5-6-12(14)3)15-10-13(19)7-8-16(15)18/h5-10,17,20H,4H2,1-3H3. The normalized spacial score (nSPS) is 12.4. The largest absolute Gasteiger partial charge is 0.306 e. The predicted octanol–water partition coefficient (Wildman–Crippen LogP) is 5.42. The van der Waals surface area contributed by atoms with Crippen molar-refractivity contribution >= 4 is 27.5 Å². The minimum Gasteiger partial charge on any atom is -0.306 e. The Labute approximate surface area is 134 Å².